The van der Waals surface area contributed by atoms with Gasteiger partial charge in [-0.05, 0) is 41.1 Å². The molecule has 0 aromatic heterocycles. The molecule has 1 fully saturated rings. The van der Waals surface area contributed by atoms with Gasteiger partial charge in [0.05, 0.1) is 10.5 Å². The Kier molecular flexibility index (Phi) is 5.59. The highest BCUT2D eigenvalue weighted by Gasteiger charge is 2.34. The van der Waals surface area contributed by atoms with E-state index in [1.165, 1.54) is 11.1 Å². The number of rotatable bonds is 3. The summed E-state index contributed by atoms with van der Waals surface area (Å²) in [6.07, 6.45) is 3.21. The fraction of sp³-hybridized carbons (Fsp3) is 0.625. The summed E-state index contributed by atoms with van der Waals surface area (Å²) in [5, 5.41) is 13.4. The zero-order valence-corrected chi connectivity index (χ0v) is 16.0. The first-order chi connectivity index (χ1) is 11.1. The molecule has 0 radical (unpaired) electrons. The third-order valence-electron chi connectivity index (χ3n) is 3.63. The summed E-state index contributed by atoms with van der Waals surface area (Å²) < 4.78 is 0.435. The molecular weight excluding hydrogens is 376 g/mol. The van der Waals surface area contributed by atoms with Crippen molar-refractivity contribution in [2.24, 2.45) is 5.41 Å². The number of nitrogens with one attached hydrogen (secondary N) is 3. The van der Waals surface area contributed by atoms with Gasteiger partial charge in [-0.25, -0.2) is 5.43 Å². The van der Waals surface area contributed by atoms with E-state index in [1.807, 2.05) is 27.7 Å². The maximum Gasteiger partial charge on any atom is 0.267 e. The molecule has 0 bridgehead atoms. The summed E-state index contributed by atoms with van der Waals surface area (Å²) in [6, 6.07) is -0.153. The molecule has 0 aromatic carbocycles. The molecular formula is C16H25BrN4O3. The van der Waals surface area contributed by atoms with Crippen LogP contribution in [0, 0.1) is 5.41 Å². The number of hydrogen-bond acceptors (Lipinski definition) is 5. The lowest BCUT2D eigenvalue weighted by atomic mass is 9.95. The molecule has 7 nitrogen and oxygen atoms in total. The molecule has 2 aliphatic rings. The molecule has 134 valence electrons. The lowest BCUT2D eigenvalue weighted by Crippen LogP contribution is -2.42. The Bertz CT molecular complexity index is 591. The van der Waals surface area contributed by atoms with Crippen LogP contribution in [0.3, 0.4) is 0 Å². The molecule has 1 heterocycles. The average Bonchev–Trinajstić information content (AvgIpc) is 3.28. The summed E-state index contributed by atoms with van der Waals surface area (Å²) >= 11 is 3.33. The van der Waals surface area contributed by atoms with Crippen LogP contribution in [0.1, 0.15) is 40.5 Å². The summed E-state index contributed by atoms with van der Waals surface area (Å²) in [5.74, 6) is -1.17. The second-order valence-electron chi connectivity index (χ2n) is 7.44. The minimum atomic E-state index is -0.541. The van der Waals surface area contributed by atoms with E-state index in [2.05, 4.69) is 32.1 Å². The van der Waals surface area contributed by atoms with Crippen LogP contribution in [0.25, 0.3) is 0 Å². The van der Waals surface area contributed by atoms with Gasteiger partial charge in [0.1, 0.15) is 5.57 Å². The molecule has 0 saturated heterocycles. The van der Waals surface area contributed by atoms with Crippen LogP contribution in [-0.4, -0.2) is 40.4 Å². The molecule has 1 aliphatic carbocycles. The number of nitrogens with zero attached hydrogens (tertiary/aromatic N) is 1. The van der Waals surface area contributed by atoms with Gasteiger partial charge in [0.25, 0.3) is 11.8 Å². The molecule has 24 heavy (non-hydrogen) atoms. The lowest BCUT2D eigenvalue weighted by Gasteiger charge is -2.30. The van der Waals surface area contributed by atoms with Gasteiger partial charge in [-0.2, -0.15) is 0 Å². The molecule has 1 aliphatic heterocycles. The first kappa shape index (κ1) is 18.8. The second kappa shape index (κ2) is 7.14. The summed E-state index contributed by atoms with van der Waals surface area (Å²) in [4.78, 5) is 26.6. The Morgan fingerprint density at radius 3 is 2.62 bits per heavy atom. The van der Waals surface area contributed by atoms with Crippen molar-refractivity contribution in [3.05, 3.63) is 22.1 Å². The monoisotopic (exact) mass is 400 g/mol. The first-order valence-electron chi connectivity index (χ1n) is 8.03. The molecule has 0 aromatic rings. The highest BCUT2D eigenvalue weighted by Crippen LogP contribution is 2.26. The summed E-state index contributed by atoms with van der Waals surface area (Å²) in [7, 11) is 0. The largest absolute Gasteiger partial charge is 0.494 e. The quantitative estimate of drug-likeness (QED) is 0.540. The van der Waals surface area contributed by atoms with Gasteiger partial charge in [0, 0.05) is 18.8 Å². The topological polar surface area (TPSA) is 93.7 Å². The van der Waals surface area contributed by atoms with Crippen LogP contribution >= 0.6 is 15.9 Å². The van der Waals surface area contributed by atoms with Crippen LogP contribution in [-0.2, 0) is 9.59 Å². The van der Waals surface area contributed by atoms with Gasteiger partial charge in [-0.15, -0.1) is 0 Å². The summed E-state index contributed by atoms with van der Waals surface area (Å²) in [5.41, 5.74) is 5.38. The van der Waals surface area contributed by atoms with Crippen molar-refractivity contribution in [1.29, 1.82) is 0 Å². The van der Waals surface area contributed by atoms with Crippen molar-refractivity contribution in [3.63, 3.8) is 0 Å². The number of aliphatic hydroxyl groups is 1. The van der Waals surface area contributed by atoms with Gasteiger partial charge in [-0.3, -0.25) is 14.5 Å². The fourth-order valence-corrected chi connectivity index (χ4v) is 2.53. The number of carbonyl (C=O) groups excluding carboxylic acids is 2. The lowest BCUT2D eigenvalue weighted by molar-refractivity contribution is -0.131. The molecule has 1 atom stereocenters. The van der Waals surface area contributed by atoms with Gasteiger partial charge < -0.3 is 15.8 Å². The third kappa shape index (κ3) is 4.73. The number of halogens is 1. The average molecular weight is 401 g/mol. The van der Waals surface area contributed by atoms with Crippen molar-refractivity contribution >= 4 is 27.7 Å². The Labute approximate surface area is 150 Å². The Balaban J connectivity index is 2.37. The van der Waals surface area contributed by atoms with Crippen LogP contribution < -0.4 is 16.2 Å². The van der Waals surface area contributed by atoms with Crippen molar-refractivity contribution in [2.75, 3.05) is 6.54 Å². The molecule has 2 rings (SSSR count). The molecule has 1 saturated carbocycles. The van der Waals surface area contributed by atoms with Gasteiger partial charge in [0.15, 0.2) is 0 Å². The van der Waals surface area contributed by atoms with Crippen molar-refractivity contribution in [1.82, 2.24) is 21.1 Å². The van der Waals surface area contributed by atoms with Crippen molar-refractivity contribution < 1.29 is 14.7 Å². The normalized spacial score (nSPS) is 28.2. The van der Waals surface area contributed by atoms with Crippen LogP contribution in [0.5, 0.6) is 0 Å². The van der Waals surface area contributed by atoms with Crippen molar-refractivity contribution in [3.8, 4) is 0 Å². The number of aliphatic hydroxyl groups excluding tert-OH is 1. The second-order valence-corrected chi connectivity index (χ2v) is 8.29. The molecule has 0 spiro atoms. The Morgan fingerprint density at radius 2 is 2.08 bits per heavy atom. The van der Waals surface area contributed by atoms with Gasteiger partial charge >= 0.3 is 0 Å². The minimum absolute atomic E-state index is 0.0420. The highest BCUT2D eigenvalue weighted by molar-refractivity contribution is 9.11. The number of hydrazine groups is 1. The van der Waals surface area contributed by atoms with E-state index < -0.39 is 11.8 Å². The Morgan fingerprint density at radius 1 is 1.46 bits per heavy atom. The van der Waals surface area contributed by atoms with Crippen LogP contribution in [0.2, 0.25) is 0 Å². The van der Waals surface area contributed by atoms with E-state index >= 15 is 0 Å². The summed E-state index contributed by atoms with van der Waals surface area (Å²) in [6.45, 7) is 7.97. The zero-order valence-electron chi connectivity index (χ0n) is 14.4. The van der Waals surface area contributed by atoms with Crippen molar-refractivity contribution in [2.45, 2.75) is 52.6 Å². The molecule has 2 amide bonds. The van der Waals surface area contributed by atoms with E-state index in [1.54, 1.807) is 0 Å². The predicted molar refractivity (Wildman–Crippen MR) is 94.7 cm³/mol. The highest BCUT2D eigenvalue weighted by atomic mass is 79.9. The smallest absolute Gasteiger partial charge is 0.267 e. The predicted octanol–water partition coefficient (Wildman–Crippen LogP) is 1.64. The van der Waals surface area contributed by atoms with E-state index in [9.17, 15) is 14.7 Å². The SMILES string of the molecule is CC1NN/C=C(/C(=O)NC2CC2)C(=O)N(CC(C)(C)C)/C(O)=C/1Br. The van der Waals surface area contributed by atoms with E-state index in [0.717, 1.165) is 12.8 Å². The van der Waals surface area contributed by atoms with Gasteiger partial charge in [-0.1, -0.05) is 20.8 Å². The van der Waals surface area contributed by atoms with Gasteiger partial charge in [0.2, 0.25) is 5.88 Å². The fourth-order valence-electron chi connectivity index (χ4n) is 2.20. The maximum absolute atomic E-state index is 12.9. The minimum Gasteiger partial charge on any atom is -0.494 e. The zero-order chi connectivity index (χ0) is 18.1. The third-order valence-corrected chi connectivity index (χ3v) is 4.67. The van der Waals surface area contributed by atoms with E-state index in [0.29, 0.717) is 4.48 Å². The number of hydrogen-bond donors (Lipinski definition) is 4. The van der Waals surface area contributed by atoms with Crippen LogP contribution in [0.15, 0.2) is 22.1 Å². The van der Waals surface area contributed by atoms with E-state index in [4.69, 9.17) is 0 Å². The standard InChI is InChI=1S/C16H25BrN4O3/c1-9-12(17)15(24)21(8-16(2,3)4)14(23)11(7-18-20-9)13(22)19-10-5-6-10/h7,9-10,18,20,24H,5-6,8H2,1-4H3,(H,19,22)/b11-7-,15-12+. The van der Waals surface area contributed by atoms with Crippen LogP contribution in [0.4, 0.5) is 0 Å². The molecule has 8 heteroatoms. The molecule has 1 unspecified atom stereocenters. The number of amides is 2. The van der Waals surface area contributed by atoms with E-state index in [-0.39, 0.29) is 35.5 Å². The number of carbonyl (C=O) groups is 2. The molecule has 4 N–H and O–H groups in total. The first-order valence-corrected chi connectivity index (χ1v) is 8.82. The Hall–Kier alpha value is -1.54. The maximum atomic E-state index is 12.9.